The molecule has 0 N–H and O–H groups in total. The van der Waals surface area contributed by atoms with E-state index in [0.29, 0.717) is 17.8 Å². The van der Waals surface area contributed by atoms with Crippen molar-refractivity contribution >= 4 is 5.91 Å². The Kier molecular flexibility index (Phi) is 3.95. The molecule has 2 heteroatoms. The van der Waals surface area contributed by atoms with Gasteiger partial charge in [-0.15, -0.1) is 0 Å². The second kappa shape index (κ2) is 4.82. The molecular weight excluding hydrogens is 186 g/mol. The van der Waals surface area contributed by atoms with Crippen LogP contribution in [0.25, 0.3) is 0 Å². The topological polar surface area (TPSA) is 20.3 Å². The maximum absolute atomic E-state index is 11.2. The van der Waals surface area contributed by atoms with Crippen LogP contribution in [0.1, 0.15) is 34.1 Å². The van der Waals surface area contributed by atoms with E-state index < -0.39 is 0 Å². The summed E-state index contributed by atoms with van der Waals surface area (Å²) in [5.41, 5.74) is 1.50. The average Bonchev–Trinajstić information content (AvgIpc) is 2.10. The second-order valence-corrected chi connectivity index (χ2v) is 5.12. The molecule has 3 atom stereocenters. The van der Waals surface area contributed by atoms with Gasteiger partial charge in [-0.2, -0.15) is 0 Å². The maximum atomic E-state index is 11.2. The van der Waals surface area contributed by atoms with Crippen LogP contribution in [0.15, 0.2) is 11.6 Å². The molecule has 0 spiro atoms. The van der Waals surface area contributed by atoms with E-state index in [2.05, 4.69) is 26.8 Å². The molecule has 15 heavy (non-hydrogen) atoms. The summed E-state index contributed by atoms with van der Waals surface area (Å²) in [6.45, 7) is 9.29. The van der Waals surface area contributed by atoms with E-state index in [4.69, 9.17) is 0 Å². The van der Waals surface area contributed by atoms with Crippen molar-refractivity contribution < 1.29 is 4.79 Å². The lowest BCUT2D eigenvalue weighted by molar-refractivity contribution is -0.128. The van der Waals surface area contributed by atoms with Gasteiger partial charge in [0.25, 0.3) is 0 Å². The summed E-state index contributed by atoms with van der Waals surface area (Å²) in [6, 6.07) is 0. The summed E-state index contributed by atoms with van der Waals surface area (Å²) in [4.78, 5) is 13.0. The number of allylic oxidation sites excluding steroid dienone is 2. The third-order valence-corrected chi connectivity index (χ3v) is 3.62. The monoisotopic (exact) mass is 209 g/mol. The fraction of sp³-hybridized carbons (Fsp3) is 0.769. The first kappa shape index (κ1) is 12.3. The molecule has 86 valence electrons. The van der Waals surface area contributed by atoms with Crippen LogP contribution < -0.4 is 0 Å². The van der Waals surface area contributed by atoms with E-state index in [9.17, 15) is 4.79 Å². The summed E-state index contributed by atoms with van der Waals surface area (Å²) < 4.78 is 0. The molecule has 1 aliphatic carbocycles. The Bertz CT molecular complexity index is 270. The molecule has 0 radical (unpaired) electrons. The van der Waals surface area contributed by atoms with Crippen LogP contribution in [0, 0.1) is 17.8 Å². The number of carbonyl (C=O) groups is 1. The Morgan fingerprint density at radius 1 is 1.53 bits per heavy atom. The number of hydrogen-bond acceptors (Lipinski definition) is 1. The number of amides is 1. The summed E-state index contributed by atoms with van der Waals surface area (Å²) in [7, 11) is 1.90. The van der Waals surface area contributed by atoms with Gasteiger partial charge in [-0.05, 0) is 31.1 Å². The van der Waals surface area contributed by atoms with Crippen molar-refractivity contribution in [1.29, 1.82) is 0 Å². The van der Waals surface area contributed by atoms with E-state index in [0.717, 1.165) is 6.54 Å². The molecule has 1 amide bonds. The molecule has 0 bridgehead atoms. The van der Waals surface area contributed by atoms with Crippen molar-refractivity contribution in [2.45, 2.75) is 34.1 Å². The van der Waals surface area contributed by atoms with Gasteiger partial charge >= 0.3 is 0 Å². The van der Waals surface area contributed by atoms with Crippen molar-refractivity contribution in [3.8, 4) is 0 Å². The molecule has 1 aliphatic rings. The van der Waals surface area contributed by atoms with E-state index in [1.54, 1.807) is 6.92 Å². The van der Waals surface area contributed by atoms with E-state index in [-0.39, 0.29) is 5.91 Å². The zero-order valence-corrected chi connectivity index (χ0v) is 10.6. The largest absolute Gasteiger partial charge is 0.346 e. The van der Waals surface area contributed by atoms with Crippen molar-refractivity contribution in [2.75, 3.05) is 13.6 Å². The number of hydrogen-bond donors (Lipinski definition) is 0. The number of nitrogens with zero attached hydrogens (tertiary/aromatic N) is 1. The summed E-state index contributed by atoms with van der Waals surface area (Å²) >= 11 is 0. The molecule has 0 fully saturated rings. The highest BCUT2D eigenvalue weighted by Gasteiger charge is 2.28. The first-order valence-electron chi connectivity index (χ1n) is 5.80. The lowest BCUT2D eigenvalue weighted by Gasteiger charge is -2.35. The zero-order chi connectivity index (χ0) is 11.6. The van der Waals surface area contributed by atoms with Crippen LogP contribution >= 0.6 is 0 Å². The molecule has 0 aromatic carbocycles. The van der Waals surface area contributed by atoms with Gasteiger partial charge in [0.1, 0.15) is 0 Å². The summed E-state index contributed by atoms with van der Waals surface area (Å²) in [5, 5.41) is 0. The van der Waals surface area contributed by atoms with Crippen molar-refractivity contribution in [2.24, 2.45) is 17.8 Å². The Labute approximate surface area is 93.3 Å². The zero-order valence-electron chi connectivity index (χ0n) is 10.6. The Morgan fingerprint density at radius 3 is 2.60 bits per heavy atom. The third-order valence-electron chi connectivity index (χ3n) is 3.62. The smallest absolute Gasteiger partial charge is 0.219 e. The average molecular weight is 209 g/mol. The van der Waals surface area contributed by atoms with Crippen LogP contribution in [-0.4, -0.2) is 24.4 Å². The quantitative estimate of drug-likeness (QED) is 0.640. The number of rotatable bonds is 2. The first-order valence-corrected chi connectivity index (χ1v) is 5.80. The second-order valence-electron chi connectivity index (χ2n) is 5.12. The van der Waals surface area contributed by atoms with E-state index in [1.165, 1.54) is 12.0 Å². The Morgan fingerprint density at radius 2 is 2.13 bits per heavy atom. The minimum atomic E-state index is 0.167. The molecule has 0 saturated heterocycles. The van der Waals surface area contributed by atoms with Crippen LogP contribution in [0.3, 0.4) is 0 Å². The van der Waals surface area contributed by atoms with Gasteiger partial charge in [0, 0.05) is 20.5 Å². The minimum Gasteiger partial charge on any atom is -0.346 e. The lowest BCUT2D eigenvalue weighted by atomic mass is 9.75. The fourth-order valence-corrected chi connectivity index (χ4v) is 2.61. The maximum Gasteiger partial charge on any atom is 0.219 e. The minimum absolute atomic E-state index is 0.167. The molecule has 0 unspecified atom stereocenters. The molecule has 0 aromatic rings. The van der Waals surface area contributed by atoms with Crippen LogP contribution in [0.4, 0.5) is 0 Å². The van der Waals surface area contributed by atoms with Crippen molar-refractivity contribution in [1.82, 2.24) is 4.90 Å². The molecule has 2 nitrogen and oxygen atoms in total. The molecule has 1 rings (SSSR count). The Balaban J connectivity index is 2.65. The Hall–Kier alpha value is -0.790. The molecule has 0 aromatic heterocycles. The molecule has 0 aliphatic heterocycles. The molecule has 0 saturated carbocycles. The standard InChI is InChI=1S/C13H23NO/c1-9-6-10(2)13(11(3)7-9)8-14(5)12(4)15/h6,10-11,13H,7-8H2,1-5H3/t10-,11-,13-/m1/s1. The van der Waals surface area contributed by atoms with Crippen LogP contribution in [-0.2, 0) is 4.79 Å². The van der Waals surface area contributed by atoms with Gasteiger partial charge < -0.3 is 4.90 Å². The highest BCUT2D eigenvalue weighted by Crippen LogP contribution is 2.33. The predicted octanol–water partition coefficient (Wildman–Crippen LogP) is 2.70. The summed E-state index contributed by atoms with van der Waals surface area (Å²) in [6.07, 6.45) is 3.54. The van der Waals surface area contributed by atoms with Gasteiger partial charge in [0.15, 0.2) is 0 Å². The van der Waals surface area contributed by atoms with Crippen molar-refractivity contribution in [3.05, 3.63) is 11.6 Å². The SMILES string of the molecule is CC(=O)N(C)C[C@@H]1[C@H](C)C=C(C)C[C@H]1C. The van der Waals surface area contributed by atoms with Gasteiger partial charge in [-0.3, -0.25) is 4.79 Å². The van der Waals surface area contributed by atoms with Crippen molar-refractivity contribution in [3.63, 3.8) is 0 Å². The van der Waals surface area contributed by atoms with Gasteiger partial charge in [-0.1, -0.05) is 25.5 Å². The first-order chi connectivity index (χ1) is 6.91. The van der Waals surface area contributed by atoms with Gasteiger partial charge in [-0.25, -0.2) is 0 Å². The normalized spacial score (nSPS) is 31.0. The van der Waals surface area contributed by atoms with Gasteiger partial charge in [0.2, 0.25) is 5.91 Å². The van der Waals surface area contributed by atoms with E-state index >= 15 is 0 Å². The molecular formula is C13H23NO. The van der Waals surface area contributed by atoms with Crippen LogP contribution in [0.2, 0.25) is 0 Å². The van der Waals surface area contributed by atoms with Crippen LogP contribution in [0.5, 0.6) is 0 Å². The van der Waals surface area contributed by atoms with E-state index in [1.807, 2.05) is 11.9 Å². The fourth-order valence-electron chi connectivity index (χ4n) is 2.61. The highest BCUT2D eigenvalue weighted by atomic mass is 16.2. The molecule has 0 heterocycles. The predicted molar refractivity (Wildman–Crippen MR) is 63.5 cm³/mol. The van der Waals surface area contributed by atoms with Gasteiger partial charge in [0.05, 0.1) is 0 Å². The highest BCUT2D eigenvalue weighted by molar-refractivity contribution is 5.72. The lowest BCUT2D eigenvalue weighted by Crippen LogP contribution is -2.36. The number of carbonyl (C=O) groups excluding carboxylic acids is 1. The third kappa shape index (κ3) is 3.08. The summed E-state index contributed by atoms with van der Waals surface area (Å²) in [5.74, 6) is 2.06.